The SMILES string of the molecule is CC1(C)N=C(c2nc(=S)c3ccccc3[nH]2)c2ccccc2C1(C)C. The topological polar surface area (TPSA) is 41.0 Å². The molecule has 4 heteroatoms. The van der Waals surface area contributed by atoms with E-state index >= 15 is 0 Å². The second-order valence-corrected chi connectivity index (χ2v) is 8.01. The fourth-order valence-corrected chi connectivity index (χ4v) is 3.70. The van der Waals surface area contributed by atoms with Crippen LogP contribution >= 0.6 is 12.2 Å². The number of rotatable bonds is 1. The Morgan fingerprint density at radius 2 is 1.60 bits per heavy atom. The van der Waals surface area contributed by atoms with E-state index in [4.69, 9.17) is 17.2 Å². The van der Waals surface area contributed by atoms with Gasteiger partial charge in [-0.25, -0.2) is 4.98 Å². The van der Waals surface area contributed by atoms with Crippen molar-refractivity contribution in [1.82, 2.24) is 9.97 Å². The van der Waals surface area contributed by atoms with Crippen molar-refractivity contribution in [2.24, 2.45) is 4.99 Å². The minimum absolute atomic E-state index is 0.0687. The maximum Gasteiger partial charge on any atom is 0.158 e. The number of fused-ring (bicyclic) bond motifs is 2. The van der Waals surface area contributed by atoms with Gasteiger partial charge in [0, 0.05) is 16.4 Å². The zero-order valence-corrected chi connectivity index (χ0v) is 15.7. The van der Waals surface area contributed by atoms with E-state index in [9.17, 15) is 0 Å². The molecule has 0 saturated carbocycles. The molecule has 0 bridgehead atoms. The Balaban J connectivity index is 2.03. The Bertz CT molecular complexity index is 1070. The first kappa shape index (κ1) is 16.2. The van der Waals surface area contributed by atoms with Crippen molar-refractivity contribution in [2.45, 2.75) is 38.6 Å². The number of nitrogens with zero attached hydrogens (tertiary/aromatic N) is 2. The molecule has 1 aliphatic rings. The van der Waals surface area contributed by atoms with Crippen LogP contribution in [-0.4, -0.2) is 21.2 Å². The number of para-hydroxylation sites is 1. The highest BCUT2D eigenvalue weighted by atomic mass is 32.1. The summed E-state index contributed by atoms with van der Waals surface area (Å²) in [4.78, 5) is 13.2. The van der Waals surface area contributed by atoms with Crippen LogP contribution in [0, 0.1) is 4.64 Å². The highest BCUT2D eigenvalue weighted by Crippen LogP contribution is 2.43. The van der Waals surface area contributed by atoms with Gasteiger partial charge in [-0.2, -0.15) is 0 Å². The lowest BCUT2D eigenvalue weighted by atomic mass is 9.66. The van der Waals surface area contributed by atoms with Gasteiger partial charge in [-0.3, -0.25) is 4.99 Å². The maximum absolute atomic E-state index is 5.53. The van der Waals surface area contributed by atoms with Gasteiger partial charge in [-0.05, 0) is 31.5 Å². The first-order valence-corrected chi connectivity index (χ1v) is 8.91. The standard InChI is InChI=1S/C21H21N3S/c1-20(2)15-11-7-5-9-13(15)17(24-21(20,3)4)18-22-16-12-8-6-10-14(16)19(25)23-18/h5-12H,1-4H3,(H,22,23,25). The van der Waals surface area contributed by atoms with E-state index < -0.39 is 0 Å². The predicted molar refractivity (Wildman–Crippen MR) is 106 cm³/mol. The molecule has 0 saturated heterocycles. The number of hydrogen-bond donors (Lipinski definition) is 1. The molecule has 2 aromatic carbocycles. The Morgan fingerprint density at radius 3 is 2.40 bits per heavy atom. The summed E-state index contributed by atoms with van der Waals surface area (Å²) in [5.74, 6) is 0.736. The average Bonchev–Trinajstić information content (AvgIpc) is 2.58. The minimum atomic E-state index is -0.251. The van der Waals surface area contributed by atoms with Crippen molar-refractivity contribution >= 4 is 28.8 Å². The lowest BCUT2D eigenvalue weighted by Gasteiger charge is -2.44. The number of benzene rings is 2. The third-order valence-electron chi connectivity index (χ3n) is 5.62. The van der Waals surface area contributed by atoms with Gasteiger partial charge in [-0.15, -0.1) is 0 Å². The van der Waals surface area contributed by atoms with Gasteiger partial charge in [-0.1, -0.05) is 62.5 Å². The quantitative estimate of drug-likeness (QED) is 0.615. The molecule has 3 nitrogen and oxygen atoms in total. The van der Waals surface area contributed by atoms with E-state index in [-0.39, 0.29) is 11.0 Å². The second kappa shape index (κ2) is 5.33. The van der Waals surface area contributed by atoms with Gasteiger partial charge in [0.1, 0.15) is 10.4 Å². The summed E-state index contributed by atoms with van der Waals surface area (Å²) in [6, 6.07) is 16.5. The van der Waals surface area contributed by atoms with E-state index in [1.54, 1.807) is 0 Å². The summed E-state index contributed by atoms with van der Waals surface area (Å²) in [7, 11) is 0. The summed E-state index contributed by atoms with van der Waals surface area (Å²) in [6.07, 6.45) is 0. The monoisotopic (exact) mass is 347 g/mol. The fraction of sp³-hybridized carbons (Fsp3) is 0.286. The molecule has 0 amide bonds. The van der Waals surface area contributed by atoms with Crippen LogP contribution in [-0.2, 0) is 5.41 Å². The zero-order chi connectivity index (χ0) is 17.8. The lowest BCUT2D eigenvalue weighted by molar-refractivity contribution is 0.303. The molecule has 25 heavy (non-hydrogen) atoms. The number of H-pyrrole nitrogens is 1. The lowest BCUT2D eigenvalue weighted by Crippen LogP contribution is -2.46. The molecule has 126 valence electrons. The summed E-state index contributed by atoms with van der Waals surface area (Å²) in [5.41, 5.74) is 3.97. The third kappa shape index (κ3) is 2.35. The molecule has 3 aromatic rings. The molecule has 0 fully saturated rings. The Morgan fingerprint density at radius 1 is 0.920 bits per heavy atom. The summed E-state index contributed by atoms with van der Waals surface area (Å²) in [6.45, 7) is 8.86. The zero-order valence-electron chi connectivity index (χ0n) is 14.9. The van der Waals surface area contributed by atoms with Gasteiger partial charge in [0.15, 0.2) is 5.82 Å². The maximum atomic E-state index is 5.53. The van der Waals surface area contributed by atoms with Gasteiger partial charge >= 0.3 is 0 Å². The van der Waals surface area contributed by atoms with E-state index in [2.05, 4.69) is 61.9 Å². The molecule has 4 rings (SSSR count). The highest BCUT2D eigenvalue weighted by molar-refractivity contribution is 7.71. The van der Waals surface area contributed by atoms with E-state index in [0.717, 1.165) is 28.0 Å². The van der Waals surface area contributed by atoms with Crippen LogP contribution in [0.25, 0.3) is 10.9 Å². The third-order valence-corrected chi connectivity index (χ3v) is 5.94. The van der Waals surface area contributed by atoms with Gasteiger partial charge < -0.3 is 4.98 Å². The van der Waals surface area contributed by atoms with E-state index in [0.29, 0.717) is 4.64 Å². The van der Waals surface area contributed by atoms with Crippen molar-refractivity contribution in [3.8, 4) is 0 Å². The van der Waals surface area contributed by atoms with Crippen LogP contribution in [0.5, 0.6) is 0 Å². The van der Waals surface area contributed by atoms with Crippen LogP contribution in [0.2, 0.25) is 0 Å². The summed E-state index contributed by atoms with van der Waals surface area (Å²) >= 11 is 5.53. The highest BCUT2D eigenvalue weighted by Gasteiger charge is 2.44. The summed E-state index contributed by atoms with van der Waals surface area (Å²) in [5, 5.41) is 0.963. The van der Waals surface area contributed by atoms with Crippen LogP contribution in [0.3, 0.4) is 0 Å². The molecule has 2 heterocycles. The Hall–Kier alpha value is -2.33. The van der Waals surface area contributed by atoms with Crippen molar-refractivity contribution in [3.05, 3.63) is 70.1 Å². The molecule has 1 aliphatic heterocycles. The molecular weight excluding hydrogens is 326 g/mol. The molecule has 0 atom stereocenters. The average molecular weight is 347 g/mol. The van der Waals surface area contributed by atoms with Crippen molar-refractivity contribution in [3.63, 3.8) is 0 Å². The first-order valence-electron chi connectivity index (χ1n) is 8.50. The number of nitrogens with one attached hydrogen (secondary N) is 1. The van der Waals surface area contributed by atoms with Crippen LogP contribution in [0.4, 0.5) is 0 Å². The molecule has 1 aromatic heterocycles. The second-order valence-electron chi connectivity index (χ2n) is 7.63. The molecule has 0 radical (unpaired) electrons. The number of aromatic amines is 1. The molecule has 0 spiro atoms. The minimum Gasteiger partial charge on any atom is -0.338 e. The normalized spacial score (nSPS) is 17.8. The predicted octanol–water partition coefficient (Wildman–Crippen LogP) is 5.20. The summed E-state index contributed by atoms with van der Waals surface area (Å²) < 4.78 is 0.604. The molecule has 1 N–H and O–H groups in total. The first-order chi connectivity index (χ1) is 11.8. The number of aliphatic imine (C=N–C) groups is 1. The van der Waals surface area contributed by atoms with Crippen LogP contribution in [0.1, 0.15) is 44.6 Å². The van der Waals surface area contributed by atoms with Crippen molar-refractivity contribution in [1.29, 1.82) is 0 Å². The fourth-order valence-electron chi connectivity index (χ4n) is 3.43. The van der Waals surface area contributed by atoms with Crippen molar-refractivity contribution in [2.75, 3.05) is 0 Å². The Kier molecular flexibility index (Phi) is 3.45. The van der Waals surface area contributed by atoms with E-state index in [1.165, 1.54) is 5.56 Å². The molecular formula is C21H21N3S. The van der Waals surface area contributed by atoms with E-state index in [1.807, 2.05) is 24.3 Å². The molecule has 0 unspecified atom stereocenters. The van der Waals surface area contributed by atoms with Crippen molar-refractivity contribution < 1.29 is 0 Å². The van der Waals surface area contributed by atoms with Crippen LogP contribution in [0.15, 0.2) is 53.5 Å². The molecule has 0 aliphatic carbocycles. The van der Waals surface area contributed by atoms with Gasteiger partial charge in [0.2, 0.25) is 0 Å². The van der Waals surface area contributed by atoms with Gasteiger partial charge in [0.25, 0.3) is 0 Å². The number of aromatic nitrogens is 2. The smallest absolute Gasteiger partial charge is 0.158 e. The largest absolute Gasteiger partial charge is 0.338 e. The van der Waals surface area contributed by atoms with Crippen LogP contribution < -0.4 is 0 Å². The Labute approximate surface area is 152 Å². The van der Waals surface area contributed by atoms with Gasteiger partial charge in [0.05, 0.1) is 11.1 Å². The number of hydrogen-bond acceptors (Lipinski definition) is 3.